The van der Waals surface area contributed by atoms with Crippen molar-refractivity contribution in [3.05, 3.63) is 35.7 Å². The van der Waals surface area contributed by atoms with Gasteiger partial charge in [-0.1, -0.05) is 5.16 Å². The molecule has 2 heterocycles. The van der Waals surface area contributed by atoms with E-state index < -0.39 is 11.6 Å². The number of hydrogen-bond acceptors (Lipinski definition) is 4. The Labute approximate surface area is 114 Å². The summed E-state index contributed by atoms with van der Waals surface area (Å²) in [5, 5.41) is 7.01. The van der Waals surface area contributed by atoms with Crippen molar-refractivity contribution >= 4 is 12.4 Å². The predicted molar refractivity (Wildman–Crippen MR) is 66.9 cm³/mol. The third-order valence-electron chi connectivity index (χ3n) is 2.98. The summed E-state index contributed by atoms with van der Waals surface area (Å²) >= 11 is 0. The summed E-state index contributed by atoms with van der Waals surface area (Å²) in [6.45, 7) is 0.924. The predicted octanol–water partition coefficient (Wildman–Crippen LogP) is 2.86. The Bertz CT molecular complexity index is 570. The lowest BCUT2D eigenvalue weighted by atomic mass is 10.2. The molecular weight excluding hydrogens is 276 g/mol. The van der Waals surface area contributed by atoms with Crippen LogP contribution in [0.5, 0.6) is 0 Å². The summed E-state index contributed by atoms with van der Waals surface area (Å²) in [6.07, 6.45) is 2.01. The third kappa shape index (κ3) is 2.74. The van der Waals surface area contributed by atoms with Gasteiger partial charge >= 0.3 is 0 Å². The average Bonchev–Trinajstić information content (AvgIpc) is 3.01. The van der Waals surface area contributed by atoms with Crippen molar-refractivity contribution in [1.82, 2.24) is 15.5 Å². The Morgan fingerprint density at radius 2 is 2.11 bits per heavy atom. The first-order valence-corrected chi connectivity index (χ1v) is 5.76. The minimum absolute atomic E-state index is 0. The van der Waals surface area contributed by atoms with Crippen LogP contribution in [0.3, 0.4) is 0 Å². The first kappa shape index (κ1) is 13.9. The highest BCUT2D eigenvalue weighted by atomic mass is 35.5. The lowest BCUT2D eigenvalue weighted by molar-refractivity contribution is 0.345. The van der Waals surface area contributed by atoms with Gasteiger partial charge in [0.1, 0.15) is 0 Å². The highest BCUT2D eigenvalue weighted by Gasteiger charge is 2.22. The van der Waals surface area contributed by atoms with Gasteiger partial charge in [0.05, 0.1) is 6.04 Å². The van der Waals surface area contributed by atoms with Crippen LogP contribution in [-0.2, 0) is 0 Å². The molecule has 1 aliphatic heterocycles. The topological polar surface area (TPSA) is 51.0 Å². The van der Waals surface area contributed by atoms with Gasteiger partial charge in [0.2, 0.25) is 11.7 Å². The van der Waals surface area contributed by atoms with Crippen LogP contribution in [0.1, 0.15) is 24.8 Å². The lowest BCUT2D eigenvalue weighted by Crippen LogP contribution is -2.12. The van der Waals surface area contributed by atoms with E-state index in [0.29, 0.717) is 11.5 Å². The summed E-state index contributed by atoms with van der Waals surface area (Å²) < 4.78 is 31.0. The van der Waals surface area contributed by atoms with E-state index in [2.05, 4.69) is 15.5 Å². The van der Waals surface area contributed by atoms with Gasteiger partial charge in [-0.05, 0) is 37.6 Å². The zero-order chi connectivity index (χ0) is 12.5. The zero-order valence-corrected chi connectivity index (χ0v) is 10.7. The fraction of sp³-hybridized carbons (Fsp3) is 0.333. The van der Waals surface area contributed by atoms with E-state index >= 15 is 0 Å². The van der Waals surface area contributed by atoms with Crippen molar-refractivity contribution in [3.63, 3.8) is 0 Å². The van der Waals surface area contributed by atoms with Gasteiger partial charge in [-0.3, -0.25) is 0 Å². The molecule has 1 atom stereocenters. The second-order valence-corrected chi connectivity index (χ2v) is 4.23. The van der Waals surface area contributed by atoms with Crippen LogP contribution in [0.15, 0.2) is 22.7 Å². The number of rotatable bonds is 2. The molecule has 1 aromatic carbocycles. The number of aromatic nitrogens is 2. The Kier molecular flexibility index (Phi) is 4.11. The molecule has 0 bridgehead atoms. The SMILES string of the molecule is Cl.Fc1ccc(-c2noc([C@@H]3CCCN3)n2)cc1F. The normalized spacial score (nSPS) is 18.3. The molecule has 19 heavy (non-hydrogen) atoms. The fourth-order valence-electron chi connectivity index (χ4n) is 2.02. The van der Waals surface area contributed by atoms with Gasteiger partial charge in [-0.2, -0.15) is 4.98 Å². The molecule has 1 fully saturated rings. The molecule has 0 unspecified atom stereocenters. The van der Waals surface area contributed by atoms with E-state index in [4.69, 9.17) is 4.52 Å². The average molecular weight is 288 g/mol. The van der Waals surface area contributed by atoms with Crippen LogP contribution in [0.2, 0.25) is 0 Å². The molecule has 2 aromatic rings. The van der Waals surface area contributed by atoms with Crippen LogP contribution in [0, 0.1) is 11.6 Å². The molecular formula is C12H12ClF2N3O. The first-order chi connectivity index (χ1) is 8.74. The van der Waals surface area contributed by atoms with Gasteiger partial charge in [-0.15, -0.1) is 12.4 Å². The van der Waals surface area contributed by atoms with E-state index in [-0.39, 0.29) is 24.3 Å². The fourth-order valence-corrected chi connectivity index (χ4v) is 2.02. The molecule has 0 saturated carbocycles. The van der Waals surface area contributed by atoms with Crippen LogP contribution in [0.25, 0.3) is 11.4 Å². The minimum atomic E-state index is -0.919. The first-order valence-electron chi connectivity index (χ1n) is 5.76. The Hall–Kier alpha value is -1.53. The maximum Gasteiger partial charge on any atom is 0.244 e. The largest absolute Gasteiger partial charge is 0.337 e. The molecule has 0 spiro atoms. The van der Waals surface area contributed by atoms with Gasteiger partial charge in [0.15, 0.2) is 11.6 Å². The van der Waals surface area contributed by atoms with Crippen molar-refractivity contribution < 1.29 is 13.3 Å². The summed E-state index contributed by atoms with van der Waals surface area (Å²) in [4.78, 5) is 4.20. The van der Waals surface area contributed by atoms with Crippen LogP contribution in [-0.4, -0.2) is 16.7 Å². The van der Waals surface area contributed by atoms with Gasteiger partial charge in [0, 0.05) is 5.56 Å². The molecule has 3 rings (SSSR count). The highest BCUT2D eigenvalue weighted by molar-refractivity contribution is 5.85. The molecule has 7 heteroatoms. The number of hydrogen-bond donors (Lipinski definition) is 1. The summed E-state index contributed by atoms with van der Waals surface area (Å²) in [5.41, 5.74) is 0.405. The van der Waals surface area contributed by atoms with Crippen molar-refractivity contribution in [2.24, 2.45) is 0 Å². The number of halogens is 3. The van der Waals surface area contributed by atoms with Crippen molar-refractivity contribution in [3.8, 4) is 11.4 Å². The van der Waals surface area contributed by atoms with E-state index in [1.807, 2.05) is 0 Å². The lowest BCUT2D eigenvalue weighted by Gasteiger charge is -2.01. The van der Waals surface area contributed by atoms with Crippen LogP contribution in [0.4, 0.5) is 8.78 Å². The summed E-state index contributed by atoms with van der Waals surface area (Å²) in [7, 11) is 0. The van der Waals surface area contributed by atoms with Gasteiger partial charge in [-0.25, -0.2) is 8.78 Å². The third-order valence-corrected chi connectivity index (χ3v) is 2.98. The van der Waals surface area contributed by atoms with Crippen molar-refractivity contribution in [2.75, 3.05) is 6.54 Å². The number of nitrogens with one attached hydrogen (secondary N) is 1. The van der Waals surface area contributed by atoms with Crippen molar-refractivity contribution in [2.45, 2.75) is 18.9 Å². The Balaban J connectivity index is 0.00000133. The maximum atomic E-state index is 13.1. The molecule has 1 saturated heterocycles. The Morgan fingerprint density at radius 3 is 2.79 bits per heavy atom. The number of nitrogens with zero attached hydrogens (tertiary/aromatic N) is 2. The molecule has 4 nitrogen and oxygen atoms in total. The second kappa shape index (κ2) is 5.63. The zero-order valence-electron chi connectivity index (χ0n) is 9.90. The highest BCUT2D eigenvalue weighted by Crippen LogP contribution is 2.24. The van der Waals surface area contributed by atoms with E-state index in [9.17, 15) is 8.78 Å². The van der Waals surface area contributed by atoms with Crippen molar-refractivity contribution in [1.29, 1.82) is 0 Å². The molecule has 1 aliphatic rings. The smallest absolute Gasteiger partial charge is 0.244 e. The monoisotopic (exact) mass is 287 g/mol. The second-order valence-electron chi connectivity index (χ2n) is 4.23. The maximum absolute atomic E-state index is 13.1. The van der Waals surface area contributed by atoms with Gasteiger partial charge < -0.3 is 9.84 Å². The van der Waals surface area contributed by atoms with Gasteiger partial charge in [0.25, 0.3) is 0 Å². The molecule has 1 aromatic heterocycles. The molecule has 1 N–H and O–H groups in total. The van der Waals surface area contributed by atoms with Crippen LogP contribution < -0.4 is 5.32 Å². The quantitative estimate of drug-likeness (QED) is 0.923. The van der Waals surface area contributed by atoms with E-state index in [1.54, 1.807) is 0 Å². The molecule has 102 valence electrons. The molecule has 0 amide bonds. The minimum Gasteiger partial charge on any atom is -0.337 e. The standard InChI is InChI=1S/C12H11F2N3O.ClH/c13-8-4-3-7(6-9(8)14)11-16-12(18-17-11)10-2-1-5-15-10;/h3-4,6,10,15H,1-2,5H2;1H/t10-;/m0./s1. The molecule has 0 aliphatic carbocycles. The number of benzene rings is 1. The summed E-state index contributed by atoms with van der Waals surface area (Å²) in [5.74, 6) is -1.04. The molecule has 0 radical (unpaired) electrons. The van der Waals surface area contributed by atoms with E-state index in [1.165, 1.54) is 6.07 Å². The van der Waals surface area contributed by atoms with E-state index in [0.717, 1.165) is 31.5 Å². The Morgan fingerprint density at radius 1 is 1.26 bits per heavy atom. The van der Waals surface area contributed by atoms with Crippen LogP contribution >= 0.6 is 12.4 Å². The summed E-state index contributed by atoms with van der Waals surface area (Å²) in [6, 6.07) is 3.60.